The van der Waals surface area contributed by atoms with Gasteiger partial charge in [0.2, 0.25) is 11.8 Å². The predicted molar refractivity (Wildman–Crippen MR) is 138 cm³/mol. The third-order valence-electron chi connectivity index (χ3n) is 5.05. The Morgan fingerprint density at radius 3 is 2.32 bits per heavy atom. The number of carbonyl (C=O) groups is 3. The molecule has 2 aromatic carbocycles. The smallest absolute Gasteiger partial charge is 0.350 e. The van der Waals surface area contributed by atoms with Gasteiger partial charge in [0.15, 0.2) is 0 Å². The van der Waals surface area contributed by atoms with E-state index in [9.17, 15) is 27.6 Å². The van der Waals surface area contributed by atoms with Crippen LogP contribution in [0.2, 0.25) is 0 Å². The molecule has 0 aliphatic rings. The maximum Gasteiger partial charge on any atom is 0.446 e. The molecule has 2 aromatic rings. The first-order chi connectivity index (χ1) is 17.1. The molecule has 7 nitrogen and oxygen atoms in total. The molecule has 4 N–H and O–H groups in total. The lowest BCUT2D eigenvalue weighted by Crippen LogP contribution is -2.56. The van der Waals surface area contributed by atoms with Gasteiger partial charge in [-0.05, 0) is 75.7 Å². The predicted octanol–water partition coefficient (Wildman–Crippen LogP) is 3.83. The normalized spacial score (nSPS) is 12.5. The number of nitrogens with one attached hydrogen (secondary N) is 4. The molecule has 3 amide bonds. The average molecular weight is 539 g/mol. The Balaban J connectivity index is 1.98. The summed E-state index contributed by atoms with van der Waals surface area (Å²) in [5.74, 6) is -1.71. The van der Waals surface area contributed by atoms with Crippen LogP contribution in [0.3, 0.4) is 0 Å². The van der Waals surface area contributed by atoms with Gasteiger partial charge in [0.1, 0.15) is 6.04 Å². The van der Waals surface area contributed by atoms with Crippen molar-refractivity contribution in [3.8, 4) is 0 Å². The van der Waals surface area contributed by atoms with Crippen LogP contribution in [0.1, 0.15) is 47.8 Å². The highest BCUT2D eigenvalue weighted by Crippen LogP contribution is 2.36. The van der Waals surface area contributed by atoms with Gasteiger partial charge in [-0.15, -0.1) is 0 Å². The number of aryl methyl sites for hydroxylation is 2. The molecule has 0 bridgehead atoms. The molecule has 2 rings (SSSR count). The summed E-state index contributed by atoms with van der Waals surface area (Å²) in [6.07, 6.45) is 0. The molecule has 0 saturated carbocycles. The van der Waals surface area contributed by atoms with E-state index < -0.39 is 41.4 Å². The zero-order valence-corrected chi connectivity index (χ0v) is 22.3. The highest BCUT2D eigenvalue weighted by Gasteiger charge is 2.29. The summed E-state index contributed by atoms with van der Waals surface area (Å²) in [6, 6.07) is 10.2. The molecule has 1 atom stereocenters. The number of hydrogen-bond donors (Lipinski definition) is 4. The largest absolute Gasteiger partial charge is 0.446 e. The molecule has 0 heterocycles. The van der Waals surface area contributed by atoms with Gasteiger partial charge in [-0.25, -0.2) is 0 Å². The van der Waals surface area contributed by atoms with E-state index in [1.54, 1.807) is 0 Å². The Morgan fingerprint density at radius 1 is 1.00 bits per heavy atom. The van der Waals surface area contributed by atoms with Crippen LogP contribution >= 0.6 is 11.8 Å². The van der Waals surface area contributed by atoms with Gasteiger partial charge in [-0.2, -0.15) is 13.2 Å². The fraction of sp³-hybridized carbons (Fsp3) is 0.423. The van der Waals surface area contributed by atoms with E-state index in [-0.39, 0.29) is 28.8 Å². The maximum atomic E-state index is 12.8. The zero-order chi connectivity index (χ0) is 27.8. The first kappa shape index (κ1) is 30.2. The molecule has 202 valence electrons. The second-order valence-electron chi connectivity index (χ2n) is 9.68. The fourth-order valence-corrected chi connectivity index (χ4v) is 4.00. The molecular weight excluding hydrogens is 505 g/mol. The maximum absolute atomic E-state index is 12.8. The van der Waals surface area contributed by atoms with Crippen LogP contribution in [-0.4, -0.2) is 47.9 Å². The fourth-order valence-electron chi connectivity index (χ4n) is 3.40. The second kappa shape index (κ2) is 13.0. The van der Waals surface area contributed by atoms with Gasteiger partial charge >= 0.3 is 5.51 Å². The Hall–Kier alpha value is -3.05. The molecule has 0 radical (unpaired) electrons. The van der Waals surface area contributed by atoms with Crippen LogP contribution in [0.15, 0.2) is 47.4 Å². The quantitative estimate of drug-likeness (QED) is 0.345. The third kappa shape index (κ3) is 11.3. The van der Waals surface area contributed by atoms with Crippen LogP contribution in [0.25, 0.3) is 0 Å². The van der Waals surface area contributed by atoms with E-state index in [4.69, 9.17) is 0 Å². The standard InChI is InChI=1S/C26H33F3N4O3S/c1-16-9-10-19(17(2)11-16)13-30-14-21(24(36)33-25(3,4)5)32-22(34)15-31-23(35)18-7-6-8-20(12-18)37-26(27,28)29/h6-12,21,30H,13-15H2,1-5H3,(H,31,35)(H,32,34)(H,33,36)/t21-/m0/s1. The summed E-state index contributed by atoms with van der Waals surface area (Å²) in [5.41, 5.74) is -1.72. The molecule has 0 fully saturated rings. The number of amides is 3. The highest BCUT2D eigenvalue weighted by atomic mass is 32.2. The Labute approximate surface area is 219 Å². The Kier molecular flexibility index (Phi) is 10.6. The third-order valence-corrected chi connectivity index (χ3v) is 5.77. The van der Waals surface area contributed by atoms with Gasteiger partial charge in [-0.3, -0.25) is 14.4 Å². The van der Waals surface area contributed by atoms with Crippen molar-refractivity contribution in [3.05, 3.63) is 64.7 Å². The lowest BCUT2D eigenvalue weighted by molar-refractivity contribution is -0.129. The molecule has 0 aliphatic carbocycles. The molecule has 0 unspecified atom stereocenters. The number of rotatable bonds is 10. The van der Waals surface area contributed by atoms with Crippen LogP contribution in [0.4, 0.5) is 13.2 Å². The molecule has 0 aromatic heterocycles. The average Bonchev–Trinajstić information content (AvgIpc) is 2.76. The van der Waals surface area contributed by atoms with Crippen molar-refractivity contribution in [2.24, 2.45) is 0 Å². The van der Waals surface area contributed by atoms with Crippen molar-refractivity contribution in [2.45, 2.75) is 63.1 Å². The van der Waals surface area contributed by atoms with E-state index in [0.717, 1.165) is 22.8 Å². The summed E-state index contributed by atoms with van der Waals surface area (Å²) in [6.45, 7) is 9.63. The van der Waals surface area contributed by atoms with E-state index in [2.05, 4.69) is 27.3 Å². The van der Waals surface area contributed by atoms with Crippen molar-refractivity contribution in [2.75, 3.05) is 13.1 Å². The topological polar surface area (TPSA) is 99.3 Å². The summed E-state index contributed by atoms with van der Waals surface area (Å²) in [7, 11) is 0. The van der Waals surface area contributed by atoms with E-state index >= 15 is 0 Å². The Morgan fingerprint density at radius 2 is 1.70 bits per heavy atom. The second-order valence-corrected chi connectivity index (χ2v) is 10.8. The molecular formula is C26H33F3N4O3S. The number of alkyl halides is 3. The lowest BCUT2D eigenvalue weighted by atomic mass is 10.1. The van der Waals surface area contributed by atoms with Crippen molar-refractivity contribution in [1.82, 2.24) is 21.3 Å². The van der Waals surface area contributed by atoms with Crippen molar-refractivity contribution in [1.29, 1.82) is 0 Å². The molecule has 0 saturated heterocycles. The van der Waals surface area contributed by atoms with Crippen molar-refractivity contribution >= 4 is 29.5 Å². The first-order valence-electron chi connectivity index (χ1n) is 11.7. The number of benzene rings is 2. The lowest BCUT2D eigenvalue weighted by Gasteiger charge is -2.26. The molecule has 0 spiro atoms. The number of carbonyl (C=O) groups excluding carboxylic acids is 3. The summed E-state index contributed by atoms with van der Waals surface area (Å²) in [5, 5.41) is 11.0. The summed E-state index contributed by atoms with van der Waals surface area (Å²) in [4.78, 5) is 37.6. The monoisotopic (exact) mass is 538 g/mol. The van der Waals surface area contributed by atoms with Gasteiger partial charge in [0.05, 0.1) is 6.54 Å². The van der Waals surface area contributed by atoms with Gasteiger partial charge < -0.3 is 21.3 Å². The molecule has 0 aliphatic heterocycles. The summed E-state index contributed by atoms with van der Waals surface area (Å²) >= 11 is -0.331. The highest BCUT2D eigenvalue weighted by molar-refractivity contribution is 8.00. The van der Waals surface area contributed by atoms with Crippen LogP contribution in [0.5, 0.6) is 0 Å². The van der Waals surface area contributed by atoms with Crippen LogP contribution in [-0.2, 0) is 16.1 Å². The van der Waals surface area contributed by atoms with Gasteiger partial charge in [0.25, 0.3) is 5.91 Å². The van der Waals surface area contributed by atoms with Gasteiger partial charge in [0, 0.05) is 29.1 Å². The number of halogens is 3. The van der Waals surface area contributed by atoms with E-state index in [0.29, 0.717) is 6.54 Å². The van der Waals surface area contributed by atoms with Crippen molar-refractivity contribution < 1.29 is 27.6 Å². The molecule has 37 heavy (non-hydrogen) atoms. The van der Waals surface area contributed by atoms with Gasteiger partial charge in [-0.1, -0.05) is 29.8 Å². The minimum atomic E-state index is -4.48. The number of hydrogen-bond acceptors (Lipinski definition) is 5. The molecule has 11 heteroatoms. The first-order valence-corrected chi connectivity index (χ1v) is 12.5. The SMILES string of the molecule is Cc1ccc(CNC[C@H](NC(=O)CNC(=O)c2cccc(SC(F)(F)F)c2)C(=O)NC(C)(C)C)c(C)c1. The Bertz CT molecular complexity index is 1120. The van der Waals surface area contributed by atoms with E-state index in [1.165, 1.54) is 18.2 Å². The minimum Gasteiger partial charge on any atom is -0.350 e. The minimum absolute atomic E-state index is 0.0146. The van der Waals surface area contributed by atoms with Crippen LogP contribution in [0, 0.1) is 13.8 Å². The zero-order valence-electron chi connectivity index (χ0n) is 21.5. The summed E-state index contributed by atoms with van der Waals surface area (Å²) < 4.78 is 37.8. The van der Waals surface area contributed by atoms with Crippen molar-refractivity contribution in [3.63, 3.8) is 0 Å². The number of thioether (sulfide) groups is 1. The van der Waals surface area contributed by atoms with E-state index in [1.807, 2.05) is 46.8 Å². The van der Waals surface area contributed by atoms with Crippen LogP contribution < -0.4 is 21.3 Å².